The molecule has 0 aliphatic carbocycles. The van der Waals surface area contributed by atoms with E-state index in [1.165, 1.54) is 148 Å². The van der Waals surface area contributed by atoms with Crippen LogP contribution in [-0.4, -0.2) is 68.5 Å². The van der Waals surface area contributed by atoms with Gasteiger partial charge in [0.1, 0.15) is 13.2 Å². The van der Waals surface area contributed by atoms with E-state index < -0.39 is 26.6 Å². The van der Waals surface area contributed by atoms with Crippen molar-refractivity contribution in [2.45, 2.75) is 231 Å². The summed E-state index contributed by atoms with van der Waals surface area (Å²) in [4.78, 5) is 25.0. The first-order chi connectivity index (χ1) is 27.0. The van der Waals surface area contributed by atoms with Crippen LogP contribution in [0, 0.1) is 0 Å². The number of phosphoric ester groups is 1. The number of hydrogen-bond acceptors (Lipinski definition) is 6. The molecule has 56 heavy (non-hydrogen) atoms. The molecule has 0 saturated carbocycles. The highest BCUT2D eigenvalue weighted by molar-refractivity contribution is 7.45. The smallest absolute Gasteiger partial charge is 0.268 e. The number of aliphatic hydroxyl groups excluding tert-OH is 1. The van der Waals surface area contributed by atoms with E-state index in [0.717, 1.165) is 51.4 Å². The van der Waals surface area contributed by atoms with Crippen molar-refractivity contribution < 1.29 is 32.9 Å². The third-order valence-corrected chi connectivity index (χ3v) is 11.6. The molecular weight excluding hydrogens is 719 g/mol. The number of hydrogen-bond donors (Lipinski definition) is 2. The first-order valence-corrected chi connectivity index (χ1v) is 25.2. The highest BCUT2D eigenvalue weighted by atomic mass is 31.2. The van der Waals surface area contributed by atoms with Gasteiger partial charge in [0.25, 0.3) is 7.82 Å². The normalized spacial score (nSPS) is 14.5. The Labute approximate surface area is 347 Å². The number of amides is 1. The zero-order chi connectivity index (χ0) is 41.4. The van der Waals surface area contributed by atoms with Crippen LogP contribution >= 0.6 is 7.82 Å². The second-order valence-corrected chi connectivity index (χ2v) is 18.9. The summed E-state index contributed by atoms with van der Waals surface area (Å²) in [7, 11) is 1.24. The summed E-state index contributed by atoms with van der Waals surface area (Å²) < 4.78 is 23.0. The minimum Gasteiger partial charge on any atom is -0.756 e. The summed E-state index contributed by atoms with van der Waals surface area (Å²) in [6.45, 7) is 4.54. The Balaban J connectivity index is 4.00. The van der Waals surface area contributed by atoms with Crippen molar-refractivity contribution in [1.82, 2.24) is 5.32 Å². The van der Waals surface area contributed by atoms with Gasteiger partial charge in [-0.3, -0.25) is 9.36 Å². The molecule has 0 spiro atoms. The number of likely N-dealkylation sites (N-methyl/N-ethyl adjacent to an activating group) is 1. The monoisotopic (exact) mass is 813 g/mol. The number of unbranched alkanes of at least 4 members (excludes halogenated alkanes) is 28. The van der Waals surface area contributed by atoms with Gasteiger partial charge in [-0.25, -0.2) is 0 Å². The largest absolute Gasteiger partial charge is 0.756 e. The van der Waals surface area contributed by atoms with E-state index in [1.807, 2.05) is 27.2 Å². The van der Waals surface area contributed by atoms with Gasteiger partial charge in [-0.05, 0) is 32.1 Å². The minimum absolute atomic E-state index is 0.00527. The molecule has 1 amide bonds. The summed E-state index contributed by atoms with van der Waals surface area (Å²) in [6.07, 6.45) is 47.4. The summed E-state index contributed by atoms with van der Waals surface area (Å²) in [5.74, 6) is -0.220. The zero-order valence-electron chi connectivity index (χ0n) is 37.6. The number of carbonyl (C=O) groups is 1. The fourth-order valence-corrected chi connectivity index (χ4v) is 7.60. The predicted octanol–water partition coefficient (Wildman–Crippen LogP) is 12.7. The average Bonchev–Trinajstić information content (AvgIpc) is 3.15. The van der Waals surface area contributed by atoms with Crippen LogP contribution in [0.5, 0.6) is 0 Å². The molecule has 3 unspecified atom stereocenters. The molecule has 0 rings (SSSR count). The van der Waals surface area contributed by atoms with E-state index in [9.17, 15) is 19.4 Å². The molecule has 0 aromatic carbocycles. The lowest BCUT2D eigenvalue weighted by molar-refractivity contribution is -0.870. The van der Waals surface area contributed by atoms with Gasteiger partial charge in [0, 0.05) is 6.42 Å². The number of allylic oxidation sites excluding steroid dienone is 3. The molecule has 0 fully saturated rings. The van der Waals surface area contributed by atoms with Gasteiger partial charge in [-0.1, -0.05) is 205 Å². The van der Waals surface area contributed by atoms with Crippen molar-refractivity contribution in [2.24, 2.45) is 0 Å². The van der Waals surface area contributed by atoms with Crippen LogP contribution in [-0.2, 0) is 18.4 Å². The Hall–Kier alpha value is -1.02. The van der Waals surface area contributed by atoms with Gasteiger partial charge in [-0.2, -0.15) is 0 Å². The maximum Gasteiger partial charge on any atom is 0.268 e. The van der Waals surface area contributed by atoms with Crippen LogP contribution in [0.4, 0.5) is 0 Å². The van der Waals surface area contributed by atoms with E-state index in [-0.39, 0.29) is 12.5 Å². The molecule has 8 nitrogen and oxygen atoms in total. The predicted molar refractivity (Wildman–Crippen MR) is 238 cm³/mol. The molecule has 332 valence electrons. The first kappa shape index (κ1) is 55.0. The lowest BCUT2D eigenvalue weighted by Gasteiger charge is -2.29. The van der Waals surface area contributed by atoms with Gasteiger partial charge >= 0.3 is 0 Å². The summed E-state index contributed by atoms with van der Waals surface area (Å²) in [5.41, 5.74) is 0. The molecule has 3 atom stereocenters. The summed E-state index contributed by atoms with van der Waals surface area (Å²) in [6, 6.07) is -0.895. The lowest BCUT2D eigenvalue weighted by atomic mass is 10.0. The zero-order valence-corrected chi connectivity index (χ0v) is 38.5. The number of carbonyl (C=O) groups excluding carboxylic acids is 1. The number of rotatable bonds is 43. The highest BCUT2D eigenvalue weighted by Crippen LogP contribution is 2.38. The molecule has 0 aromatic rings. The standard InChI is InChI=1S/C47H93N2O6P/c1-6-8-10-12-13-14-15-16-17-18-19-20-21-22-23-24-25-26-27-28-29-30-31-32-33-34-35-37-38-40-46(50)45(48-47(51)41-39-36-11-9-7-2)44-55-56(52,53)54-43-42-49(3,4)5/h33-34,38,40,45-46,50H,6-32,35-37,39,41-44H2,1-5H3,(H-,48,51,52,53)/b34-33+,40-38+. The van der Waals surface area contributed by atoms with E-state index >= 15 is 0 Å². The number of nitrogens with zero attached hydrogens (tertiary/aromatic N) is 1. The molecule has 2 N–H and O–H groups in total. The van der Waals surface area contributed by atoms with Crippen LogP contribution < -0.4 is 10.2 Å². The molecule has 0 aliphatic heterocycles. The molecule has 0 radical (unpaired) electrons. The van der Waals surface area contributed by atoms with Crippen LogP contribution in [0.1, 0.15) is 219 Å². The van der Waals surface area contributed by atoms with Crippen molar-refractivity contribution >= 4 is 13.7 Å². The van der Waals surface area contributed by atoms with Crippen molar-refractivity contribution in [3.05, 3.63) is 24.3 Å². The van der Waals surface area contributed by atoms with E-state index in [2.05, 4.69) is 31.3 Å². The van der Waals surface area contributed by atoms with Gasteiger partial charge in [0.15, 0.2) is 0 Å². The lowest BCUT2D eigenvalue weighted by Crippen LogP contribution is -2.45. The third kappa shape index (κ3) is 41.2. The third-order valence-electron chi connectivity index (χ3n) is 10.7. The topological polar surface area (TPSA) is 108 Å². The van der Waals surface area contributed by atoms with Crippen LogP contribution in [0.15, 0.2) is 24.3 Å². The minimum atomic E-state index is -4.58. The Morgan fingerprint density at radius 2 is 1.00 bits per heavy atom. The number of aliphatic hydroxyl groups is 1. The van der Waals surface area contributed by atoms with Crippen LogP contribution in [0.3, 0.4) is 0 Å². The summed E-state index contributed by atoms with van der Waals surface area (Å²) in [5, 5.41) is 13.6. The molecule has 0 aromatic heterocycles. The van der Waals surface area contributed by atoms with E-state index in [0.29, 0.717) is 17.4 Å². The first-order valence-electron chi connectivity index (χ1n) is 23.7. The van der Waals surface area contributed by atoms with Crippen LogP contribution in [0.2, 0.25) is 0 Å². The maximum atomic E-state index is 12.6. The fraction of sp³-hybridized carbons (Fsp3) is 0.894. The molecule has 0 heterocycles. The maximum absolute atomic E-state index is 12.6. The summed E-state index contributed by atoms with van der Waals surface area (Å²) >= 11 is 0. The Morgan fingerprint density at radius 3 is 1.45 bits per heavy atom. The Bertz CT molecular complexity index is 969. The quantitative estimate of drug-likeness (QED) is 0.0275. The molecule has 0 aliphatic rings. The number of nitrogens with one attached hydrogen (secondary N) is 1. The number of quaternary nitrogens is 1. The number of phosphoric acid groups is 1. The second-order valence-electron chi connectivity index (χ2n) is 17.5. The Kier molecular flexibility index (Phi) is 38.7. The van der Waals surface area contributed by atoms with E-state index in [1.54, 1.807) is 6.08 Å². The van der Waals surface area contributed by atoms with Gasteiger partial charge in [0.05, 0.1) is 39.9 Å². The fourth-order valence-electron chi connectivity index (χ4n) is 6.87. The van der Waals surface area contributed by atoms with Gasteiger partial charge < -0.3 is 28.8 Å². The van der Waals surface area contributed by atoms with Crippen molar-refractivity contribution in [3.8, 4) is 0 Å². The van der Waals surface area contributed by atoms with Crippen LogP contribution in [0.25, 0.3) is 0 Å². The molecule has 0 saturated heterocycles. The van der Waals surface area contributed by atoms with E-state index in [4.69, 9.17) is 9.05 Å². The highest BCUT2D eigenvalue weighted by Gasteiger charge is 2.23. The Morgan fingerprint density at radius 1 is 0.607 bits per heavy atom. The van der Waals surface area contributed by atoms with Crippen molar-refractivity contribution in [3.63, 3.8) is 0 Å². The average molecular weight is 813 g/mol. The van der Waals surface area contributed by atoms with Gasteiger partial charge in [-0.15, -0.1) is 0 Å². The van der Waals surface area contributed by atoms with Crippen molar-refractivity contribution in [2.75, 3.05) is 40.9 Å². The molecular formula is C47H93N2O6P. The molecule has 0 bridgehead atoms. The van der Waals surface area contributed by atoms with Gasteiger partial charge in [0.2, 0.25) is 5.91 Å². The SMILES string of the molecule is CCCCCCCCCCCCCCCCCCCCCCCCC/C=C/CC/C=C/C(O)C(COP(=O)([O-])OCC[N+](C)(C)C)NC(=O)CCCCCCC. The second kappa shape index (κ2) is 39.4. The van der Waals surface area contributed by atoms with Crippen molar-refractivity contribution in [1.29, 1.82) is 0 Å². The molecule has 9 heteroatoms.